The van der Waals surface area contributed by atoms with Crippen LogP contribution >= 0.6 is 0 Å². The van der Waals surface area contributed by atoms with E-state index in [9.17, 15) is 0 Å². The first-order valence-corrected chi connectivity index (χ1v) is 9.80. The lowest BCUT2D eigenvalue weighted by molar-refractivity contribution is 0.245. The number of fused-ring (bicyclic) bond motifs is 1. The summed E-state index contributed by atoms with van der Waals surface area (Å²) in [7, 11) is 1.95. The number of rotatable bonds is 4. The van der Waals surface area contributed by atoms with Crippen LogP contribution in [0.5, 0.6) is 0 Å². The Morgan fingerprint density at radius 3 is 2.75 bits per heavy atom. The molecule has 0 N–H and O–H groups in total. The Labute approximate surface area is 164 Å². The molecule has 1 atom stereocenters. The van der Waals surface area contributed by atoms with E-state index in [2.05, 4.69) is 57.4 Å². The lowest BCUT2D eigenvalue weighted by atomic mass is 10.1. The van der Waals surface area contributed by atoms with Crippen molar-refractivity contribution in [1.29, 1.82) is 0 Å². The first-order valence-electron chi connectivity index (χ1n) is 9.80. The summed E-state index contributed by atoms with van der Waals surface area (Å²) in [5.74, 6) is 0. The molecule has 5 rings (SSSR count). The normalized spacial score (nSPS) is 17.4. The van der Waals surface area contributed by atoms with E-state index in [1.54, 1.807) is 0 Å². The molecule has 1 unspecified atom stereocenters. The van der Waals surface area contributed by atoms with Gasteiger partial charge in [-0.25, -0.2) is 9.97 Å². The van der Waals surface area contributed by atoms with Crippen LogP contribution in [0.4, 0.5) is 0 Å². The second kappa shape index (κ2) is 7.17. The van der Waals surface area contributed by atoms with Crippen molar-refractivity contribution in [3.63, 3.8) is 0 Å². The molecule has 0 saturated carbocycles. The van der Waals surface area contributed by atoms with Crippen molar-refractivity contribution in [3.05, 3.63) is 78.4 Å². The van der Waals surface area contributed by atoms with Crippen LogP contribution in [0.15, 0.2) is 67.1 Å². The Balaban J connectivity index is 1.35. The second-order valence-corrected chi connectivity index (χ2v) is 7.51. The average molecular weight is 369 g/mol. The fraction of sp³-hybridized carbons (Fsp3) is 0.261. The molecular formula is C23H23N5. The highest BCUT2D eigenvalue weighted by molar-refractivity contribution is 5.74. The van der Waals surface area contributed by atoms with Gasteiger partial charge in [-0.1, -0.05) is 24.3 Å². The van der Waals surface area contributed by atoms with Crippen LogP contribution in [0.1, 0.15) is 30.1 Å². The van der Waals surface area contributed by atoms with Crippen molar-refractivity contribution in [2.24, 2.45) is 7.05 Å². The Hall–Kier alpha value is -3.05. The Morgan fingerprint density at radius 2 is 1.93 bits per heavy atom. The minimum atomic E-state index is 0.365. The number of benzene rings is 1. The van der Waals surface area contributed by atoms with Crippen LogP contribution in [0.25, 0.3) is 22.2 Å². The summed E-state index contributed by atoms with van der Waals surface area (Å²) in [5.41, 5.74) is 5.67. The lowest BCUT2D eigenvalue weighted by Crippen LogP contribution is -2.23. The van der Waals surface area contributed by atoms with Gasteiger partial charge in [-0.3, -0.25) is 9.58 Å². The monoisotopic (exact) mass is 369 g/mol. The fourth-order valence-electron chi connectivity index (χ4n) is 4.11. The van der Waals surface area contributed by atoms with Crippen LogP contribution in [-0.4, -0.2) is 31.2 Å². The number of hydrogen-bond acceptors (Lipinski definition) is 4. The lowest BCUT2D eigenvalue weighted by Gasteiger charge is -2.24. The van der Waals surface area contributed by atoms with E-state index in [0.717, 1.165) is 41.8 Å². The molecule has 4 heterocycles. The van der Waals surface area contributed by atoms with Gasteiger partial charge in [0.25, 0.3) is 0 Å². The number of pyridine rings is 2. The summed E-state index contributed by atoms with van der Waals surface area (Å²) in [6.07, 6.45) is 8.13. The molecule has 1 saturated heterocycles. The van der Waals surface area contributed by atoms with Gasteiger partial charge in [0, 0.05) is 36.9 Å². The van der Waals surface area contributed by atoms with Crippen LogP contribution in [0.2, 0.25) is 0 Å². The van der Waals surface area contributed by atoms with Crippen LogP contribution in [0, 0.1) is 0 Å². The number of aromatic nitrogens is 4. The van der Waals surface area contributed by atoms with Gasteiger partial charge in [0.05, 0.1) is 17.9 Å². The Bertz CT molecular complexity index is 1100. The zero-order valence-corrected chi connectivity index (χ0v) is 16.0. The zero-order chi connectivity index (χ0) is 18.9. The van der Waals surface area contributed by atoms with Gasteiger partial charge in [0.1, 0.15) is 0 Å². The third-order valence-electron chi connectivity index (χ3n) is 5.57. The summed E-state index contributed by atoms with van der Waals surface area (Å²) in [4.78, 5) is 11.8. The maximum Gasteiger partial charge on any atom is 0.159 e. The van der Waals surface area contributed by atoms with Crippen LogP contribution in [-0.2, 0) is 13.6 Å². The second-order valence-electron chi connectivity index (χ2n) is 7.51. The highest BCUT2D eigenvalue weighted by Crippen LogP contribution is 2.33. The van der Waals surface area contributed by atoms with E-state index in [1.807, 2.05) is 36.4 Å². The van der Waals surface area contributed by atoms with Crippen molar-refractivity contribution < 1.29 is 0 Å². The molecule has 4 aromatic rings. The van der Waals surface area contributed by atoms with Crippen molar-refractivity contribution in [2.75, 3.05) is 6.54 Å². The molecule has 140 valence electrons. The summed E-state index contributed by atoms with van der Waals surface area (Å²) in [5, 5.41) is 5.36. The molecule has 5 nitrogen and oxygen atoms in total. The minimum absolute atomic E-state index is 0.365. The smallest absolute Gasteiger partial charge is 0.159 e. The van der Waals surface area contributed by atoms with E-state index in [1.165, 1.54) is 17.5 Å². The quantitative estimate of drug-likeness (QED) is 0.536. The van der Waals surface area contributed by atoms with Crippen molar-refractivity contribution in [1.82, 2.24) is 24.6 Å². The van der Waals surface area contributed by atoms with E-state index >= 15 is 0 Å². The van der Waals surface area contributed by atoms with Gasteiger partial charge in [-0.2, -0.15) is 5.10 Å². The number of nitrogens with zero attached hydrogens (tertiary/aromatic N) is 5. The summed E-state index contributed by atoms with van der Waals surface area (Å²) < 4.78 is 1.84. The van der Waals surface area contributed by atoms with E-state index < -0.39 is 0 Å². The molecule has 0 radical (unpaired) electrons. The van der Waals surface area contributed by atoms with Crippen molar-refractivity contribution in [2.45, 2.75) is 25.4 Å². The van der Waals surface area contributed by atoms with Crippen LogP contribution < -0.4 is 0 Å². The average Bonchev–Trinajstić information content (AvgIpc) is 3.37. The Kier molecular flexibility index (Phi) is 4.37. The molecule has 1 aromatic carbocycles. The van der Waals surface area contributed by atoms with Crippen molar-refractivity contribution >= 4 is 11.0 Å². The highest BCUT2D eigenvalue weighted by atomic mass is 15.2. The number of likely N-dealkylation sites (tertiary alicyclic amines) is 1. The molecule has 3 aromatic heterocycles. The fourth-order valence-corrected chi connectivity index (χ4v) is 4.11. The largest absolute Gasteiger partial charge is 0.291 e. The molecule has 0 amide bonds. The maximum absolute atomic E-state index is 4.84. The molecule has 0 aliphatic carbocycles. The molecule has 1 aliphatic heterocycles. The molecule has 1 fully saturated rings. The predicted octanol–water partition coefficient (Wildman–Crippen LogP) is 4.37. The van der Waals surface area contributed by atoms with E-state index in [0.29, 0.717) is 6.04 Å². The molecule has 28 heavy (non-hydrogen) atoms. The molecular weight excluding hydrogens is 346 g/mol. The summed E-state index contributed by atoms with van der Waals surface area (Å²) in [6, 6.07) is 17.5. The van der Waals surface area contributed by atoms with Gasteiger partial charge >= 0.3 is 0 Å². The molecule has 0 spiro atoms. The third kappa shape index (κ3) is 3.29. The van der Waals surface area contributed by atoms with Crippen LogP contribution in [0.3, 0.4) is 0 Å². The first kappa shape index (κ1) is 17.1. The predicted molar refractivity (Wildman–Crippen MR) is 111 cm³/mol. The van der Waals surface area contributed by atoms with Crippen molar-refractivity contribution in [3.8, 4) is 11.1 Å². The highest BCUT2D eigenvalue weighted by Gasteiger charge is 2.27. The van der Waals surface area contributed by atoms with E-state index in [4.69, 9.17) is 4.98 Å². The maximum atomic E-state index is 4.84. The topological polar surface area (TPSA) is 46.8 Å². The minimum Gasteiger partial charge on any atom is -0.291 e. The number of aryl methyl sites for hydroxylation is 1. The van der Waals surface area contributed by atoms with E-state index in [-0.39, 0.29) is 0 Å². The summed E-state index contributed by atoms with van der Waals surface area (Å²) >= 11 is 0. The van der Waals surface area contributed by atoms with Gasteiger partial charge in [0.2, 0.25) is 0 Å². The van der Waals surface area contributed by atoms with Gasteiger partial charge < -0.3 is 0 Å². The summed E-state index contributed by atoms with van der Waals surface area (Å²) in [6.45, 7) is 2.05. The van der Waals surface area contributed by atoms with Gasteiger partial charge in [-0.15, -0.1) is 0 Å². The Morgan fingerprint density at radius 1 is 1.04 bits per heavy atom. The molecule has 0 bridgehead atoms. The SMILES string of the molecule is Cn1cc(-c2ccc(CN3CCCC3c3ccc4cccnc4n3)cc2)cn1. The third-order valence-corrected chi connectivity index (χ3v) is 5.57. The number of hydrogen-bond donors (Lipinski definition) is 0. The zero-order valence-electron chi connectivity index (χ0n) is 16.0. The molecule has 1 aliphatic rings. The molecule has 5 heteroatoms. The van der Waals surface area contributed by atoms with Gasteiger partial charge in [-0.05, 0) is 54.8 Å². The van der Waals surface area contributed by atoms with Gasteiger partial charge in [0.15, 0.2) is 5.65 Å². The first-order chi connectivity index (χ1) is 13.8. The standard InChI is InChI=1S/C23H23N5/c1-27-16-20(14-25-27)18-8-6-17(7-9-18)15-28-13-3-5-22(28)21-11-10-19-4-2-12-24-23(19)26-21/h2,4,6-12,14,16,22H,3,5,13,15H2,1H3.